The molecule has 1 saturated heterocycles. The summed E-state index contributed by atoms with van der Waals surface area (Å²) in [6.07, 6.45) is 2.14. The molecular weight excluding hydrogens is 320 g/mol. The first kappa shape index (κ1) is 17.2. The fourth-order valence-corrected chi connectivity index (χ4v) is 3.28. The molecule has 0 radical (unpaired) electrons. The highest BCUT2D eigenvalue weighted by Crippen LogP contribution is 2.26. The zero-order chi connectivity index (χ0) is 15.9. The van der Waals surface area contributed by atoms with Crippen LogP contribution in [-0.2, 0) is 0 Å². The molecule has 6 heteroatoms. The molecular formula is C16H21ClN2O2S. The van der Waals surface area contributed by atoms with Gasteiger partial charge in [-0.05, 0) is 42.4 Å². The van der Waals surface area contributed by atoms with Crippen LogP contribution in [-0.4, -0.2) is 37.6 Å². The van der Waals surface area contributed by atoms with E-state index in [2.05, 4.69) is 11.3 Å². The highest BCUT2D eigenvalue weighted by Gasteiger charge is 2.26. The maximum atomic E-state index is 12.8. The first-order valence-electron chi connectivity index (χ1n) is 7.28. The van der Waals surface area contributed by atoms with Crippen molar-refractivity contribution in [2.75, 3.05) is 26.7 Å². The second-order valence-electron chi connectivity index (χ2n) is 5.24. The lowest BCUT2D eigenvalue weighted by molar-refractivity contribution is 0.0673. The number of amides is 1. The van der Waals surface area contributed by atoms with Gasteiger partial charge in [0.2, 0.25) is 0 Å². The summed E-state index contributed by atoms with van der Waals surface area (Å²) in [6.45, 7) is 6.06. The van der Waals surface area contributed by atoms with Gasteiger partial charge in [-0.2, -0.15) is 0 Å². The van der Waals surface area contributed by atoms with E-state index in [0.29, 0.717) is 22.3 Å². The summed E-state index contributed by atoms with van der Waals surface area (Å²) < 4.78 is 8.54. The minimum absolute atomic E-state index is 0.0135. The topological polar surface area (TPSA) is 41.6 Å². The lowest BCUT2D eigenvalue weighted by Crippen LogP contribution is -2.42. The summed E-state index contributed by atoms with van der Waals surface area (Å²) in [5.74, 6) is 1.01. The smallest absolute Gasteiger partial charge is 0.257 e. The van der Waals surface area contributed by atoms with E-state index in [1.165, 1.54) is 11.9 Å². The summed E-state index contributed by atoms with van der Waals surface area (Å²) in [6, 6.07) is 5.14. The van der Waals surface area contributed by atoms with Crippen molar-refractivity contribution >= 4 is 29.5 Å². The molecule has 1 aliphatic heterocycles. The molecule has 1 aromatic carbocycles. The van der Waals surface area contributed by atoms with Crippen LogP contribution < -0.4 is 9.46 Å². The second kappa shape index (κ2) is 8.46. The van der Waals surface area contributed by atoms with Gasteiger partial charge in [0.05, 0.1) is 12.7 Å². The molecule has 1 aliphatic rings. The summed E-state index contributed by atoms with van der Waals surface area (Å²) in [4.78, 5) is 14.6. The summed E-state index contributed by atoms with van der Waals surface area (Å²) >= 11 is 7.51. The number of ether oxygens (including phenoxy) is 1. The molecule has 1 aromatic rings. The van der Waals surface area contributed by atoms with Gasteiger partial charge in [0.15, 0.2) is 0 Å². The molecule has 0 aromatic heterocycles. The van der Waals surface area contributed by atoms with Gasteiger partial charge in [0.1, 0.15) is 5.75 Å². The molecule has 1 amide bonds. The van der Waals surface area contributed by atoms with Crippen LogP contribution in [0.15, 0.2) is 30.2 Å². The predicted molar refractivity (Wildman–Crippen MR) is 92.4 cm³/mol. The third-order valence-corrected chi connectivity index (χ3v) is 4.47. The molecule has 2 rings (SSSR count). The van der Waals surface area contributed by atoms with Crippen LogP contribution in [0.3, 0.4) is 0 Å². The molecule has 1 atom stereocenters. The van der Waals surface area contributed by atoms with Crippen LogP contribution in [0.1, 0.15) is 23.2 Å². The Morgan fingerprint density at radius 3 is 3.18 bits per heavy atom. The molecule has 0 aliphatic carbocycles. The number of carbonyl (C=O) groups is 1. The molecule has 1 N–H and O–H groups in total. The van der Waals surface area contributed by atoms with Crippen LogP contribution >= 0.6 is 23.5 Å². The number of methoxy groups -OCH3 is 1. The minimum Gasteiger partial charge on any atom is -0.496 e. The molecule has 4 nitrogen and oxygen atoms in total. The number of hydrogen-bond donors (Lipinski definition) is 1. The predicted octanol–water partition coefficient (Wildman–Crippen LogP) is 3.58. The average Bonchev–Trinajstić information content (AvgIpc) is 2.54. The number of carbonyl (C=O) groups excluding carboxylic acids is 1. The summed E-state index contributed by atoms with van der Waals surface area (Å²) in [5, 5.41) is 2.31. The minimum atomic E-state index is -0.0135. The molecule has 0 spiro atoms. The molecule has 0 saturated carbocycles. The number of nitrogens with one attached hydrogen (secondary N) is 1. The van der Waals surface area contributed by atoms with Crippen molar-refractivity contribution in [2.45, 2.75) is 12.8 Å². The quantitative estimate of drug-likeness (QED) is 0.635. The lowest BCUT2D eigenvalue weighted by Gasteiger charge is -2.33. The third kappa shape index (κ3) is 4.41. The van der Waals surface area contributed by atoms with Crippen molar-refractivity contribution in [3.05, 3.63) is 40.8 Å². The number of piperidine rings is 1. The third-order valence-electron chi connectivity index (χ3n) is 3.74. The van der Waals surface area contributed by atoms with Gasteiger partial charge in [0.25, 0.3) is 5.91 Å². The second-order valence-corrected chi connectivity index (χ2v) is 6.53. The maximum Gasteiger partial charge on any atom is 0.257 e. The molecule has 22 heavy (non-hydrogen) atoms. The van der Waals surface area contributed by atoms with Crippen molar-refractivity contribution < 1.29 is 9.53 Å². The van der Waals surface area contributed by atoms with E-state index < -0.39 is 0 Å². The van der Waals surface area contributed by atoms with Crippen LogP contribution in [0, 0.1) is 5.92 Å². The standard InChI is InChI=1S/C16H21ClN2O2S/c1-3-22-18-10-12-5-4-8-19(11-12)16(20)14-9-13(17)6-7-15(14)21-2/h3,6-7,9,12,18H,1,4-5,8,10-11H2,2H3. The Kier molecular flexibility index (Phi) is 6.61. The lowest BCUT2D eigenvalue weighted by atomic mass is 9.97. The van der Waals surface area contributed by atoms with Crippen molar-refractivity contribution in [1.82, 2.24) is 9.62 Å². The molecule has 120 valence electrons. The van der Waals surface area contributed by atoms with Gasteiger partial charge in [0, 0.05) is 24.7 Å². The Labute approximate surface area is 141 Å². The largest absolute Gasteiger partial charge is 0.496 e. The number of benzene rings is 1. The number of halogens is 1. The fourth-order valence-electron chi connectivity index (χ4n) is 2.66. The first-order valence-corrected chi connectivity index (χ1v) is 8.53. The Bertz CT molecular complexity index is 539. The van der Waals surface area contributed by atoms with Gasteiger partial charge in [-0.3, -0.25) is 9.52 Å². The van der Waals surface area contributed by atoms with Crippen molar-refractivity contribution in [3.63, 3.8) is 0 Å². The summed E-state index contributed by atoms with van der Waals surface area (Å²) in [7, 11) is 1.56. The SMILES string of the molecule is C=CSNCC1CCCN(C(=O)c2cc(Cl)ccc2OC)C1. The first-order chi connectivity index (χ1) is 10.7. The van der Waals surface area contributed by atoms with Crippen molar-refractivity contribution in [3.8, 4) is 5.75 Å². The number of hydrogen-bond acceptors (Lipinski definition) is 4. The Hall–Kier alpha value is -1.17. The zero-order valence-corrected chi connectivity index (χ0v) is 14.3. The molecule has 1 fully saturated rings. The van der Waals surface area contributed by atoms with Gasteiger partial charge in [-0.25, -0.2) is 0 Å². The van der Waals surface area contributed by atoms with Crippen LogP contribution in [0.2, 0.25) is 5.02 Å². The van der Waals surface area contributed by atoms with Crippen LogP contribution in [0.4, 0.5) is 0 Å². The van der Waals surface area contributed by atoms with Crippen LogP contribution in [0.25, 0.3) is 0 Å². The van der Waals surface area contributed by atoms with E-state index in [1.807, 2.05) is 4.90 Å². The van der Waals surface area contributed by atoms with Crippen molar-refractivity contribution in [1.29, 1.82) is 0 Å². The Morgan fingerprint density at radius 1 is 1.64 bits per heavy atom. The van der Waals surface area contributed by atoms with E-state index >= 15 is 0 Å². The van der Waals surface area contributed by atoms with E-state index in [-0.39, 0.29) is 5.91 Å². The highest BCUT2D eigenvalue weighted by atomic mass is 35.5. The Balaban J connectivity index is 2.05. The molecule has 1 heterocycles. The maximum absolute atomic E-state index is 12.8. The molecule has 1 unspecified atom stereocenters. The average molecular weight is 341 g/mol. The number of likely N-dealkylation sites (tertiary alicyclic amines) is 1. The van der Waals surface area contributed by atoms with Gasteiger partial charge < -0.3 is 9.64 Å². The van der Waals surface area contributed by atoms with Gasteiger partial charge in [-0.1, -0.05) is 30.1 Å². The summed E-state index contributed by atoms with van der Waals surface area (Å²) in [5.41, 5.74) is 0.532. The highest BCUT2D eigenvalue weighted by molar-refractivity contribution is 8.00. The Morgan fingerprint density at radius 2 is 2.45 bits per heavy atom. The molecule has 0 bridgehead atoms. The van der Waals surface area contributed by atoms with Gasteiger partial charge >= 0.3 is 0 Å². The van der Waals surface area contributed by atoms with Crippen molar-refractivity contribution in [2.24, 2.45) is 5.92 Å². The van der Waals surface area contributed by atoms with E-state index in [4.69, 9.17) is 16.3 Å². The van der Waals surface area contributed by atoms with Gasteiger partial charge in [-0.15, -0.1) is 0 Å². The van der Waals surface area contributed by atoms with E-state index in [9.17, 15) is 4.79 Å². The van der Waals surface area contributed by atoms with E-state index in [1.54, 1.807) is 30.7 Å². The van der Waals surface area contributed by atoms with Crippen LogP contribution in [0.5, 0.6) is 5.75 Å². The normalized spacial score (nSPS) is 18.1. The zero-order valence-electron chi connectivity index (χ0n) is 12.7. The number of nitrogens with zero attached hydrogens (tertiary/aromatic N) is 1. The fraction of sp³-hybridized carbons (Fsp3) is 0.438. The van der Waals surface area contributed by atoms with E-state index in [0.717, 1.165) is 32.5 Å². The number of rotatable bonds is 6. The monoisotopic (exact) mass is 340 g/mol.